The molecule has 1 aromatic carbocycles. The number of carbonyl (C=O) groups excluding carboxylic acids is 2. The number of nitrogens with one attached hydrogen (secondary N) is 1. The van der Waals surface area contributed by atoms with E-state index in [0.717, 1.165) is 4.88 Å². The molecule has 0 bridgehead atoms. The summed E-state index contributed by atoms with van der Waals surface area (Å²) in [6.45, 7) is 3.46. The van der Waals surface area contributed by atoms with Gasteiger partial charge in [-0.3, -0.25) is 9.59 Å². The Morgan fingerprint density at radius 1 is 1.17 bits per heavy atom. The van der Waals surface area contributed by atoms with Gasteiger partial charge in [-0.05, 0) is 32.0 Å². The lowest BCUT2D eigenvalue weighted by Crippen LogP contribution is -2.11. The number of carbonyl (C=O) groups is 2. The fourth-order valence-corrected chi connectivity index (χ4v) is 2.26. The lowest BCUT2D eigenvalue weighted by Gasteiger charge is -2.04. The van der Waals surface area contributed by atoms with Crippen molar-refractivity contribution in [3.05, 3.63) is 51.7 Å². The second-order valence-electron chi connectivity index (χ2n) is 4.04. The van der Waals surface area contributed by atoms with E-state index >= 15 is 0 Å². The Morgan fingerprint density at radius 2 is 1.94 bits per heavy atom. The van der Waals surface area contributed by atoms with Crippen molar-refractivity contribution in [2.45, 2.75) is 13.8 Å². The van der Waals surface area contributed by atoms with Crippen molar-refractivity contribution >= 4 is 28.7 Å². The van der Waals surface area contributed by atoms with E-state index in [1.807, 2.05) is 18.4 Å². The molecule has 0 spiro atoms. The molecule has 4 heteroatoms. The van der Waals surface area contributed by atoms with Crippen LogP contribution >= 0.6 is 11.3 Å². The summed E-state index contributed by atoms with van der Waals surface area (Å²) >= 11 is 1.54. The van der Waals surface area contributed by atoms with Crippen molar-refractivity contribution in [1.29, 1.82) is 0 Å². The van der Waals surface area contributed by atoms with E-state index in [2.05, 4.69) is 5.32 Å². The molecule has 2 rings (SSSR count). The normalized spacial score (nSPS) is 10.1. The fourth-order valence-electron chi connectivity index (χ4n) is 1.58. The minimum atomic E-state index is -0.153. The highest BCUT2D eigenvalue weighted by molar-refractivity contribution is 7.10. The van der Waals surface area contributed by atoms with E-state index < -0.39 is 0 Å². The Bertz CT molecular complexity index is 601. The maximum atomic E-state index is 11.9. The van der Waals surface area contributed by atoms with Gasteiger partial charge in [0.1, 0.15) is 0 Å². The van der Waals surface area contributed by atoms with Crippen LogP contribution in [0.15, 0.2) is 35.7 Å². The Balaban J connectivity index is 2.16. The molecule has 18 heavy (non-hydrogen) atoms. The number of amides is 1. The first-order chi connectivity index (χ1) is 8.56. The Labute approximate surface area is 109 Å². The smallest absolute Gasteiger partial charge is 0.256 e. The lowest BCUT2D eigenvalue weighted by atomic mass is 10.1. The highest BCUT2D eigenvalue weighted by Gasteiger charge is 2.08. The molecule has 92 valence electrons. The first-order valence-corrected chi connectivity index (χ1v) is 6.42. The Hall–Kier alpha value is -1.94. The molecule has 0 aliphatic rings. The van der Waals surface area contributed by atoms with Crippen molar-refractivity contribution in [3.8, 4) is 0 Å². The first kappa shape index (κ1) is 12.5. The summed E-state index contributed by atoms with van der Waals surface area (Å²) < 4.78 is 0. The molecule has 1 N–H and O–H groups in total. The Morgan fingerprint density at radius 3 is 2.56 bits per heavy atom. The van der Waals surface area contributed by atoms with Crippen LogP contribution in [0, 0.1) is 6.92 Å². The summed E-state index contributed by atoms with van der Waals surface area (Å²) in [5, 5.41) is 4.60. The summed E-state index contributed by atoms with van der Waals surface area (Å²) in [5.74, 6) is -0.169. The maximum Gasteiger partial charge on any atom is 0.256 e. The zero-order valence-electron chi connectivity index (χ0n) is 10.2. The summed E-state index contributed by atoms with van der Waals surface area (Å²) in [4.78, 5) is 24.3. The quantitative estimate of drug-likeness (QED) is 0.857. The maximum absolute atomic E-state index is 11.9. The third kappa shape index (κ3) is 2.84. The standard InChI is InChI=1S/C14H13NO2S/c1-9-6-12(8-18-9)14(17)15-13-5-3-4-11(7-13)10(2)16/h3-8H,1-2H3,(H,15,17). The van der Waals surface area contributed by atoms with E-state index in [1.165, 1.54) is 18.3 Å². The molecule has 0 radical (unpaired) electrons. The second kappa shape index (κ2) is 5.14. The molecule has 0 aliphatic heterocycles. The van der Waals surface area contributed by atoms with Crippen LogP contribution in [0.2, 0.25) is 0 Å². The van der Waals surface area contributed by atoms with Crippen LogP contribution < -0.4 is 5.32 Å². The van der Waals surface area contributed by atoms with Gasteiger partial charge in [0.05, 0.1) is 5.56 Å². The van der Waals surface area contributed by atoms with Crippen molar-refractivity contribution in [1.82, 2.24) is 0 Å². The predicted octanol–water partition coefficient (Wildman–Crippen LogP) is 3.51. The number of aryl methyl sites for hydroxylation is 1. The molecule has 0 saturated carbocycles. The van der Waals surface area contributed by atoms with Gasteiger partial charge in [-0.15, -0.1) is 11.3 Å². The van der Waals surface area contributed by atoms with E-state index in [4.69, 9.17) is 0 Å². The van der Waals surface area contributed by atoms with Crippen LogP contribution in [-0.2, 0) is 0 Å². The van der Waals surface area contributed by atoms with Gasteiger partial charge in [0.15, 0.2) is 5.78 Å². The van der Waals surface area contributed by atoms with Crippen molar-refractivity contribution < 1.29 is 9.59 Å². The Kier molecular flexibility index (Phi) is 3.58. The monoisotopic (exact) mass is 259 g/mol. The average Bonchev–Trinajstić information content (AvgIpc) is 2.76. The highest BCUT2D eigenvalue weighted by Crippen LogP contribution is 2.16. The van der Waals surface area contributed by atoms with E-state index in [-0.39, 0.29) is 11.7 Å². The third-order valence-electron chi connectivity index (χ3n) is 2.52. The van der Waals surface area contributed by atoms with Crippen LogP contribution in [0.1, 0.15) is 32.5 Å². The second-order valence-corrected chi connectivity index (χ2v) is 5.15. The van der Waals surface area contributed by atoms with Crippen LogP contribution in [0.4, 0.5) is 5.69 Å². The number of benzene rings is 1. The van der Waals surface area contributed by atoms with Crippen molar-refractivity contribution in [2.75, 3.05) is 5.32 Å². The molecule has 0 aliphatic carbocycles. The number of hydrogen-bond donors (Lipinski definition) is 1. The number of anilines is 1. The molecule has 2 aromatic rings. The van der Waals surface area contributed by atoms with Gasteiger partial charge in [-0.2, -0.15) is 0 Å². The SMILES string of the molecule is CC(=O)c1cccc(NC(=O)c2csc(C)c2)c1. The van der Waals surface area contributed by atoms with E-state index in [1.54, 1.807) is 24.3 Å². The van der Waals surface area contributed by atoms with E-state index in [9.17, 15) is 9.59 Å². The van der Waals surface area contributed by atoms with Gasteiger partial charge in [0.2, 0.25) is 0 Å². The largest absolute Gasteiger partial charge is 0.322 e. The van der Waals surface area contributed by atoms with Crippen molar-refractivity contribution in [3.63, 3.8) is 0 Å². The van der Waals surface area contributed by atoms with Gasteiger partial charge in [0, 0.05) is 21.5 Å². The topological polar surface area (TPSA) is 46.2 Å². The molecular formula is C14H13NO2S. The molecular weight excluding hydrogens is 246 g/mol. The van der Waals surface area contributed by atoms with Gasteiger partial charge in [-0.1, -0.05) is 12.1 Å². The van der Waals surface area contributed by atoms with Gasteiger partial charge < -0.3 is 5.32 Å². The summed E-state index contributed by atoms with van der Waals surface area (Å²) in [6, 6.07) is 8.77. The number of ketones is 1. The molecule has 0 atom stereocenters. The first-order valence-electron chi connectivity index (χ1n) is 5.54. The molecule has 1 aromatic heterocycles. The molecule has 1 amide bonds. The number of thiophene rings is 1. The van der Waals surface area contributed by atoms with Crippen LogP contribution in [0.5, 0.6) is 0 Å². The lowest BCUT2D eigenvalue weighted by molar-refractivity contribution is 0.101. The predicted molar refractivity (Wildman–Crippen MR) is 73.5 cm³/mol. The minimum Gasteiger partial charge on any atom is -0.322 e. The molecule has 0 saturated heterocycles. The van der Waals surface area contributed by atoms with Gasteiger partial charge in [0.25, 0.3) is 5.91 Å². The fraction of sp³-hybridized carbons (Fsp3) is 0.143. The molecule has 0 unspecified atom stereocenters. The highest BCUT2D eigenvalue weighted by atomic mass is 32.1. The number of hydrogen-bond acceptors (Lipinski definition) is 3. The van der Waals surface area contributed by atoms with Gasteiger partial charge >= 0.3 is 0 Å². The number of rotatable bonds is 3. The van der Waals surface area contributed by atoms with Gasteiger partial charge in [-0.25, -0.2) is 0 Å². The zero-order chi connectivity index (χ0) is 13.1. The van der Waals surface area contributed by atoms with Crippen LogP contribution in [-0.4, -0.2) is 11.7 Å². The summed E-state index contributed by atoms with van der Waals surface area (Å²) in [6.07, 6.45) is 0. The average molecular weight is 259 g/mol. The van der Waals surface area contributed by atoms with Crippen LogP contribution in [0.3, 0.4) is 0 Å². The minimum absolute atomic E-state index is 0.0162. The summed E-state index contributed by atoms with van der Waals surface area (Å²) in [5.41, 5.74) is 1.87. The molecule has 3 nitrogen and oxygen atoms in total. The zero-order valence-corrected chi connectivity index (χ0v) is 11.0. The van der Waals surface area contributed by atoms with E-state index in [0.29, 0.717) is 16.8 Å². The van der Waals surface area contributed by atoms with Crippen molar-refractivity contribution in [2.24, 2.45) is 0 Å². The summed E-state index contributed by atoms with van der Waals surface area (Å²) in [7, 11) is 0. The molecule has 1 heterocycles. The number of Topliss-reactive ketones (excluding diaryl/α,β-unsaturated/α-hetero) is 1. The molecule has 0 fully saturated rings. The van der Waals surface area contributed by atoms with Crippen LogP contribution in [0.25, 0.3) is 0 Å². The third-order valence-corrected chi connectivity index (χ3v) is 3.38.